The van der Waals surface area contributed by atoms with Crippen molar-refractivity contribution in [2.45, 2.75) is 33.2 Å². The maximum atomic E-state index is 11.8. The van der Waals surface area contributed by atoms with E-state index in [1.54, 1.807) is 19.0 Å². The maximum Gasteiger partial charge on any atom is 0.222 e. The largest absolute Gasteiger partial charge is 0.353 e. The zero-order valence-electron chi connectivity index (χ0n) is 11.6. The maximum absolute atomic E-state index is 11.8. The first kappa shape index (κ1) is 14.5. The fourth-order valence-electron chi connectivity index (χ4n) is 1.70. The highest BCUT2D eigenvalue weighted by molar-refractivity contribution is 5.97. The molecule has 0 aliphatic heterocycles. The Kier molecular flexibility index (Phi) is 5.13. The Morgan fingerprint density at radius 1 is 1.33 bits per heavy atom. The van der Waals surface area contributed by atoms with Crippen molar-refractivity contribution in [3.63, 3.8) is 0 Å². The van der Waals surface area contributed by atoms with Crippen molar-refractivity contribution in [1.82, 2.24) is 9.47 Å². The van der Waals surface area contributed by atoms with Crippen LogP contribution in [0.15, 0.2) is 18.5 Å². The van der Waals surface area contributed by atoms with Crippen molar-refractivity contribution >= 4 is 11.7 Å². The van der Waals surface area contributed by atoms with Gasteiger partial charge in [-0.1, -0.05) is 13.8 Å². The van der Waals surface area contributed by atoms with Crippen LogP contribution in [0.3, 0.4) is 0 Å². The molecule has 0 spiro atoms. The molecule has 1 amide bonds. The highest BCUT2D eigenvalue weighted by atomic mass is 16.2. The first-order chi connectivity index (χ1) is 8.41. The number of Topliss-reactive ketones (excluding diaryl/α,β-unsaturated/α-hetero) is 1. The van der Waals surface area contributed by atoms with Crippen LogP contribution in [-0.2, 0) is 11.3 Å². The molecule has 0 saturated heterocycles. The Balaban J connectivity index is 2.45. The summed E-state index contributed by atoms with van der Waals surface area (Å²) in [6.45, 7) is 4.57. The van der Waals surface area contributed by atoms with E-state index in [-0.39, 0.29) is 17.6 Å². The molecule has 0 aliphatic rings. The van der Waals surface area contributed by atoms with E-state index < -0.39 is 0 Å². The van der Waals surface area contributed by atoms with Gasteiger partial charge in [-0.3, -0.25) is 9.59 Å². The molecule has 0 bridgehead atoms. The minimum Gasteiger partial charge on any atom is -0.353 e. The molecule has 1 aromatic heterocycles. The standard InChI is InChI=1S/C14H22N2O2/c1-11(2)14(18)12-7-9-16(10-12)8-5-6-13(17)15(3)4/h7,9-11H,5-6,8H2,1-4H3. The van der Waals surface area contributed by atoms with E-state index in [0.717, 1.165) is 18.5 Å². The molecule has 18 heavy (non-hydrogen) atoms. The Bertz CT molecular complexity index is 419. The number of hydrogen-bond acceptors (Lipinski definition) is 2. The van der Waals surface area contributed by atoms with Gasteiger partial charge in [-0.15, -0.1) is 0 Å². The predicted molar refractivity (Wildman–Crippen MR) is 71.5 cm³/mol. The first-order valence-corrected chi connectivity index (χ1v) is 6.32. The van der Waals surface area contributed by atoms with Crippen LogP contribution in [0, 0.1) is 5.92 Å². The van der Waals surface area contributed by atoms with Crippen molar-refractivity contribution in [3.05, 3.63) is 24.0 Å². The summed E-state index contributed by atoms with van der Waals surface area (Å²) in [6.07, 6.45) is 5.10. The number of carbonyl (C=O) groups excluding carboxylic acids is 2. The van der Waals surface area contributed by atoms with Gasteiger partial charge >= 0.3 is 0 Å². The van der Waals surface area contributed by atoms with Gasteiger partial charge in [0.2, 0.25) is 5.91 Å². The first-order valence-electron chi connectivity index (χ1n) is 6.32. The normalized spacial score (nSPS) is 10.7. The predicted octanol–water partition coefficient (Wildman–Crippen LogP) is 2.20. The molecular weight excluding hydrogens is 228 g/mol. The third-order valence-electron chi connectivity index (χ3n) is 2.87. The van der Waals surface area contributed by atoms with Gasteiger partial charge in [0.15, 0.2) is 5.78 Å². The van der Waals surface area contributed by atoms with Crippen LogP contribution in [0.1, 0.15) is 37.0 Å². The van der Waals surface area contributed by atoms with E-state index in [4.69, 9.17) is 0 Å². The van der Waals surface area contributed by atoms with Gasteiger partial charge in [0.25, 0.3) is 0 Å². The van der Waals surface area contributed by atoms with E-state index in [9.17, 15) is 9.59 Å². The van der Waals surface area contributed by atoms with Gasteiger partial charge in [0.05, 0.1) is 0 Å². The van der Waals surface area contributed by atoms with Crippen molar-refractivity contribution in [1.29, 1.82) is 0 Å². The van der Waals surface area contributed by atoms with Gasteiger partial charge in [-0.2, -0.15) is 0 Å². The molecule has 100 valence electrons. The molecule has 1 heterocycles. The third-order valence-corrected chi connectivity index (χ3v) is 2.87. The molecule has 0 atom stereocenters. The van der Waals surface area contributed by atoms with Crippen LogP contribution in [0.4, 0.5) is 0 Å². The Hall–Kier alpha value is -1.58. The second-order valence-corrected chi connectivity index (χ2v) is 5.05. The average Bonchev–Trinajstić information content (AvgIpc) is 2.76. The molecule has 0 aliphatic carbocycles. The number of aromatic nitrogens is 1. The number of amides is 1. The lowest BCUT2D eigenvalue weighted by Gasteiger charge is -2.09. The van der Waals surface area contributed by atoms with E-state index >= 15 is 0 Å². The van der Waals surface area contributed by atoms with E-state index in [2.05, 4.69) is 0 Å². The van der Waals surface area contributed by atoms with Crippen LogP contribution in [0.25, 0.3) is 0 Å². The van der Waals surface area contributed by atoms with Crippen LogP contribution in [0.2, 0.25) is 0 Å². The molecular formula is C14H22N2O2. The van der Waals surface area contributed by atoms with Crippen LogP contribution < -0.4 is 0 Å². The minimum absolute atomic E-state index is 0.0242. The molecule has 4 heteroatoms. The van der Waals surface area contributed by atoms with Gasteiger partial charge in [-0.05, 0) is 12.5 Å². The highest BCUT2D eigenvalue weighted by Crippen LogP contribution is 2.10. The summed E-state index contributed by atoms with van der Waals surface area (Å²) in [5.41, 5.74) is 0.754. The molecule has 0 saturated carbocycles. The Labute approximate surface area is 109 Å². The number of carbonyl (C=O) groups is 2. The molecule has 1 rings (SSSR count). The minimum atomic E-state index is 0.0242. The summed E-state index contributed by atoms with van der Waals surface area (Å²) < 4.78 is 1.97. The lowest BCUT2D eigenvalue weighted by atomic mass is 10.0. The Morgan fingerprint density at radius 2 is 2.00 bits per heavy atom. The fourth-order valence-corrected chi connectivity index (χ4v) is 1.70. The van der Waals surface area contributed by atoms with Crippen molar-refractivity contribution in [2.75, 3.05) is 14.1 Å². The van der Waals surface area contributed by atoms with E-state index in [0.29, 0.717) is 6.42 Å². The number of aryl methyl sites for hydroxylation is 1. The van der Waals surface area contributed by atoms with Gasteiger partial charge in [0, 0.05) is 50.9 Å². The lowest BCUT2D eigenvalue weighted by molar-refractivity contribution is -0.128. The average molecular weight is 250 g/mol. The van der Waals surface area contributed by atoms with Crippen molar-refractivity contribution in [2.24, 2.45) is 5.92 Å². The number of rotatable bonds is 6. The SMILES string of the molecule is CC(C)C(=O)c1ccn(CCCC(=O)N(C)C)c1. The van der Waals surface area contributed by atoms with E-state index in [1.165, 1.54) is 0 Å². The van der Waals surface area contributed by atoms with Crippen molar-refractivity contribution < 1.29 is 9.59 Å². The molecule has 1 aromatic rings. The molecule has 0 aromatic carbocycles. The third kappa shape index (κ3) is 4.02. The van der Waals surface area contributed by atoms with Crippen LogP contribution in [-0.4, -0.2) is 35.3 Å². The number of nitrogens with zero attached hydrogens (tertiary/aromatic N) is 2. The van der Waals surface area contributed by atoms with Crippen LogP contribution in [0.5, 0.6) is 0 Å². The zero-order valence-corrected chi connectivity index (χ0v) is 11.6. The summed E-state index contributed by atoms with van der Waals surface area (Å²) in [7, 11) is 3.52. The molecule has 0 unspecified atom stereocenters. The molecule has 0 N–H and O–H groups in total. The quantitative estimate of drug-likeness (QED) is 0.726. The summed E-state index contributed by atoms with van der Waals surface area (Å²) in [4.78, 5) is 24.8. The highest BCUT2D eigenvalue weighted by Gasteiger charge is 2.11. The van der Waals surface area contributed by atoms with Gasteiger partial charge in [-0.25, -0.2) is 0 Å². The molecule has 0 fully saturated rings. The topological polar surface area (TPSA) is 42.3 Å². The Morgan fingerprint density at radius 3 is 2.56 bits per heavy atom. The molecule has 0 radical (unpaired) electrons. The van der Waals surface area contributed by atoms with Crippen LogP contribution >= 0.6 is 0 Å². The summed E-state index contributed by atoms with van der Waals surface area (Å²) in [6, 6.07) is 1.84. The summed E-state index contributed by atoms with van der Waals surface area (Å²) in [5, 5.41) is 0. The van der Waals surface area contributed by atoms with E-state index in [1.807, 2.05) is 36.9 Å². The smallest absolute Gasteiger partial charge is 0.222 e. The summed E-state index contributed by atoms with van der Waals surface area (Å²) in [5.74, 6) is 0.329. The van der Waals surface area contributed by atoms with Gasteiger partial charge < -0.3 is 9.47 Å². The number of hydrogen-bond donors (Lipinski definition) is 0. The number of ketones is 1. The monoisotopic (exact) mass is 250 g/mol. The summed E-state index contributed by atoms with van der Waals surface area (Å²) >= 11 is 0. The second-order valence-electron chi connectivity index (χ2n) is 5.05. The molecule has 4 nitrogen and oxygen atoms in total. The second kappa shape index (κ2) is 6.38. The van der Waals surface area contributed by atoms with Crippen molar-refractivity contribution in [3.8, 4) is 0 Å². The fraction of sp³-hybridized carbons (Fsp3) is 0.571. The van der Waals surface area contributed by atoms with Gasteiger partial charge in [0.1, 0.15) is 0 Å². The lowest BCUT2D eigenvalue weighted by Crippen LogP contribution is -2.21. The zero-order chi connectivity index (χ0) is 13.7.